The molecule has 2 aromatic carbocycles. The average molecular weight is 408 g/mol. The second-order valence-corrected chi connectivity index (χ2v) is 7.13. The highest BCUT2D eigenvalue weighted by molar-refractivity contribution is 5.89. The fraction of sp³-hybridized carbons (Fsp3) is 0.318. The number of piperidine rings is 1. The molecule has 1 saturated heterocycles. The van der Waals surface area contributed by atoms with Crippen molar-refractivity contribution in [2.24, 2.45) is 0 Å². The number of benzene rings is 2. The third-order valence-electron chi connectivity index (χ3n) is 5.19. The van der Waals surface area contributed by atoms with E-state index in [0.717, 1.165) is 35.6 Å². The SMILES string of the molecule is COc1ccc(NC(=O)N2CCCC(c3nc(-c4ccc(OC)cc4)no3)C2)cc1. The van der Waals surface area contributed by atoms with Crippen molar-refractivity contribution in [3.8, 4) is 22.9 Å². The number of nitrogens with one attached hydrogen (secondary N) is 1. The first kappa shape index (κ1) is 19.8. The van der Waals surface area contributed by atoms with Crippen LogP contribution in [0.4, 0.5) is 10.5 Å². The molecule has 2 heterocycles. The summed E-state index contributed by atoms with van der Waals surface area (Å²) in [6.07, 6.45) is 1.78. The standard InChI is InChI=1S/C22H24N4O4/c1-28-18-9-5-15(6-10-18)20-24-21(30-25-20)16-4-3-13-26(14-16)22(27)23-17-7-11-19(29-2)12-8-17/h5-12,16H,3-4,13-14H2,1-2H3,(H,23,27). The van der Waals surface area contributed by atoms with Gasteiger partial charge in [0, 0.05) is 24.3 Å². The van der Waals surface area contributed by atoms with Gasteiger partial charge < -0.3 is 24.2 Å². The molecule has 1 aliphatic rings. The Morgan fingerprint density at radius 2 is 1.73 bits per heavy atom. The van der Waals surface area contributed by atoms with E-state index in [1.54, 1.807) is 19.1 Å². The van der Waals surface area contributed by atoms with Crippen LogP contribution in [0.3, 0.4) is 0 Å². The van der Waals surface area contributed by atoms with Crippen molar-refractivity contribution in [1.82, 2.24) is 15.0 Å². The van der Waals surface area contributed by atoms with Crippen molar-refractivity contribution in [2.75, 3.05) is 32.6 Å². The quantitative estimate of drug-likeness (QED) is 0.682. The number of urea groups is 1. The number of likely N-dealkylation sites (tertiary alicyclic amines) is 1. The molecule has 2 amide bonds. The number of ether oxygens (including phenoxy) is 2. The first-order valence-electron chi connectivity index (χ1n) is 9.84. The highest BCUT2D eigenvalue weighted by Crippen LogP contribution is 2.28. The summed E-state index contributed by atoms with van der Waals surface area (Å²) in [5, 5.41) is 7.04. The van der Waals surface area contributed by atoms with E-state index >= 15 is 0 Å². The Morgan fingerprint density at radius 1 is 1.07 bits per heavy atom. The van der Waals surface area contributed by atoms with Gasteiger partial charge in [0.2, 0.25) is 11.7 Å². The minimum absolute atomic E-state index is 0.0138. The Morgan fingerprint density at radius 3 is 2.40 bits per heavy atom. The Hall–Kier alpha value is -3.55. The predicted molar refractivity (Wildman–Crippen MR) is 112 cm³/mol. The molecule has 1 fully saturated rings. The van der Waals surface area contributed by atoms with Gasteiger partial charge in [-0.25, -0.2) is 4.79 Å². The maximum absolute atomic E-state index is 12.7. The van der Waals surface area contributed by atoms with E-state index in [-0.39, 0.29) is 11.9 Å². The molecule has 1 N–H and O–H groups in total. The number of amides is 2. The van der Waals surface area contributed by atoms with Crippen molar-refractivity contribution < 1.29 is 18.8 Å². The zero-order valence-electron chi connectivity index (χ0n) is 17.0. The van der Waals surface area contributed by atoms with Gasteiger partial charge in [0.1, 0.15) is 11.5 Å². The molecule has 1 aromatic heterocycles. The van der Waals surface area contributed by atoms with Gasteiger partial charge in [-0.3, -0.25) is 0 Å². The van der Waals surface area contributed by atoms with Gasteiger partial charge in [0.15, 0.2) is 0 Å². The predicted octanol–water partition coefficient (Wildman–Crippen LogP) is 4.17. The molecule has 8 nitrogen and oxygen atoms in total. The topological polar surface area (TPSA) is 89.7 Å². The smallest absolute Gasteiger partial charge is 0.321 e. The summed E-state index contributed by atoms with van der Waals surface area (Å²) in [5.74, 6) is 2.62. The molecule has 1 atom stereocenters. The fourth-order valence-electron chi connectivity index (χ4n) is 3.50. The second kappa shape index (κ2) is 8.86. The zero-order chi connectivity index (χ0) is 20.9. The Balaban J connectivity index is 1.40. The Labute approximate surface area is 174 Å². The maximum Gasteiger partial charge on any atom is 0.321 e. The van der Waals surface area contributed by atoms with Crippen LogP contribution < -0.4 is 14.8 Å². The van der Waals surface area contributed by atoms with E-state index in [2.05, 4.69) is 15.5 Å². The third kappa shape index (κ3) is 4.37. The molecule has 156 valence electrons. The molecular formula is C22H24N4O4. The van der Waals surface area contributed by atoms with Crippen LogP contribution >= 0.6 is 0 Å². The molecule has 4 rings (SSSR count). The first-order chi connectivity index (χ1) is 14.7. The molecule has 8 heteroatoms. The van der Waals surface area contributed by atoms with Crippen LogP contribution in [0, 0.1) is 0 Å². The van der Waals surface area contributed by atoms with Gasteiger partial charge in [-0.2, -0.15) is 4.98 Å². The summed E-state index contributed by atoms with van der Waals surface area (Å²) in [6.45, 7) is 1.23. The van der Waals surface area contributed by atoms with Crippen LogP contribution in [0.15, 0.2) is 53.1 Å². The molecule has 1 unspecified atom stereocenters. The monoisotopic (exact) mass is 408 g/mol. The van der Waals surface area contributed by atoms with Gasteiger partial charge in [0.05, 0.1) is 20.1 Å². The minimum Gasteiger partial charge on any atom is -0.497 e. The third-order valence-corrected chi connectivity index (χ3v) is 5.19. The lowest BCUT2D eigenvalue weighted by Crippen LogP contribution is -2.41. The van der Waals surface area contributed by atoms with Gasteiger partial charge in [-0.15, -0.1) is 0 Å². The molecule has 30 heavy (non-hydrogen) atoms. The summed E-state index contributed by atoms with van der Waals surface area (Å²) in [7, 11) is 3.24. The van der Waals surface area contributed by atoms with E-state index in [1.165, 1.54) is 0 Å². The lowest BCUT2D eigenvalue weighted by molar-refractivity contribution is 0.184. The van der Waals surface area contributed by atoms with Crippen molar-refractivity contribution >= 4 is 11.7 Å². The van der Waals surface area contributed by atoms with Gasteiger partial charge in [-0.1, -0.05) is 5.16 Å². The van der Waals surface area contributed by atoms with Gasteiger partial charge in [-0.05, 0) is 61.4 Å². The zero-order valence-corrected chi connectivity index (χ0v) is 17.0. The average Bonchev–Trinajstić information content (AvgIpc) is 3.30. The number of methoxy groups -OCH3 is 2. The number of carbonyl (C=O) groups excluding carboxylic acids is 1. The summed E-state index contributed by atoms with van der Waals surface area (Å²) in [6, 6.07) is 14.6. The van der Waals surface area contributed by atoms with Gasteiger partial charge >= 0.3 is 6.03 Å². The number of anilines is 1. The summed E-state index contributed by atoms with van der Waals surface area (Å²) >= 11 is 0. The largest absolute Gasteiger partial charge is 0.497 e. The lowest BCUT2D eigenvalue weighted by atomic mass is 9.98. The van der Waals surface area contributed by atoms with Crippen LogP contribution in [0.25, 0.3) is 11.4 Å². The number of hydrogen-bond acceptors (Lipinski definition) is 6. The van der Waals surface area contributed by atoms with Crippen LogP contribution in [0.2, 0.25) is 0 Å². The Kier molecular flexibility index (Phi) is 5.83. The van der Waals surface area contributed by atoms with Crippen molar-refractivity contribution in [3.63, 3.8) is 0 Å². The van der Waals surface area contributed by atoms with Crippen LogP contribution in [-0.4, -0.2) is 48.4 Å². The van der Waals surface area contributed by atoms with E-state index in [9.17, 15) is 4.79 Å². The van der Waals surface area contributed by atoms with E-state index in [4.69, 9.17) is 14.0 Å². The summed E-state index contributed by atoms with van der Waals surface area (Å²) in [4.78, 5) is 19.0. The van der Waals surface area contributed by atoms with Crippen LogP contribution in [0.5, 0.6) is 11.5 Å². The fourth-order valence-corrected chi connectivity index (χ4v) is 3.50. The second-order valence-electron chi connectivity index (χ2n) is 7.13. The number of nitrogens with zero attached hydrogens (tertiary/aromatic N) is 3. The minimum atomic E-state index is -0.139. The van der Waals surface area contributed by atoms with Gasteiger partial charge in [0.25, 0.3) is 0 Å². The summed E-state index contributed by atoms with van der Waals surface area (Å²) < 4.78 is 15.8. The number of aromatic nitrogens is 2. The van der Waals surface area contributed by atoms with Crippen molar-refractivity contribution in [2.45, 2.75) is 18.8 Å². The lowest BCUT2D eigenvalue weighted by Gasteiger charge is -2.31. The van der Waals surface area contributed by atoms with Crippen LogP contribution in [-0.2, 0) is 0 Å². The molecule has 0 saturated carbocycles. The number of carbonyl (C=O) groups is 1. The number of hydrogen-bond donors (Lipinski definition) is 1. The molecule has 0 bridgehead atoms. The van der Waals surface area contributed by atoms with E-state index in [1.807, 2.05) is 48.5 Å². The highest BCUT2D eigenvalue weighted by atomic mass is 16.5. The normalized spacial score (nSPS) is 16.2. The van der Waals surface area contributed by atoms with E-state index in [0.29, 0.717) is 24.8 Å². The van der Waals surface area contributed by atoms with Crippen molar-refractivity contribution in [3.05, 3.63) is 54.4 Å². The highest BCUT2D eigenvalue weighted by Gasteiger charge is 2.28. The molecule has 0 radical (unpaired) electrons. The van der Waals surface area contributed by atoms with Crippen LogP contribution in [0.1, 0.15) is 24.7 Å². The molecular weight excluding hydrogens is 384 g/mol. The van der Waals surface area contributed by atoms with E-state index < -0.39 is 0 Å². The maximum atomic E-state index is 12.7. The first-order valence-corrected chi connectivity index (χ1v) is 9.84. The number of rotatable bonds is 5. The summed E-state index contributed by atoms with van der Waals surface area (Å²) in [5.41, 5.74) is 1.58. The van der Waals surface area contributed by atoms with Crippen molar-refractivity contribution in [1.29, 1.82) is 0 Å². The molecule has 3 aromatic rings. The molecule has 1 aliphatic heterocycles. The molecule has 0 spiro atoms. The Bertz CT molecular complexity index is 985. The molecule has 0 aliphatic carbocycles.